The van der Waals surface area contributed by atoms with Gasteiger partial charge in [-0.25, -0.2) is 9.78 Å². The second kappa shape index (κ2) is 9.31. The molecule has 6 nitrogen and oxygen atoms in total. The number of aromatic nitrogens is 1. The molecule has 1 aliphatic heterocycles. The van der Waals surface area contributed by atoms with Gasteiger partial charge in [-0.2, -0.15) is 0 Å². The molecule has 0 radical (unpaired) electrons. The second-order valence-corrected chi connectivity index (χ2v) is 8.99. The summed E-state index contributed by atoms with van der Waals surface area (Å²) in [6.45, 7) is 4.94. The van der Waals surface area contributed by atoms with Crippen LogP contribution in [0.3, 0.4) is 0 Å². The third-order valence-electron chi connectivity index (χ3n) is 5.20. The highest BCUT2D eigenvalue weighted by Crippen LogP contribution is 2.32. The highest BCUT2D eigenvalue weighted by Gasteiger charge is 2.31. The van der Waals surface area contributed by atoms with Crippen molar-refractivity contribution in [1.82, 2.24) is 15.2 Å². The number of urea groups is 1. The molecule has 0 aliphatic carbocycles. The van der Waals surface area contributed by atoms with Crippen LogP contribution in [0.2, 0.25) is 0 Å². The number of benzene rings is 2. The minimum Gasteiger partial charge on any atom is -0.336 e. The van der Waals surface area contributed by atoms with E-state index in [-0.39, 0.29) is 23.9 Å². The van der Waals surface area contributed by atoms with Crippen molar-refractivity contribution in [2.24, 2.45) is 0 Å². The number of hydrogen-bond acceptors (Lipinski definition) is 4. The molecule has 2 heterocycles. The molecule has 0 bridgehead atoms. The van der Waals surface area contributed by atoms with E-state index in [1.165, 1.54) is 11.3 Å². The fourth-order valence-corrected chi connectivity index (χ4v) is 4.80. The van der Waals surface area contributed by atoms with E-state index < -0.39 is 0 Å². The van der Waals surface area contributed by atoms with Crippen LogP contribution < -0.4 is 10.6 Å². The average Bonchev–Trinajstić information content (AvgIpc) is 3.16. The maximum absolute atomic E-state index is 13.6. The molecule has 0 unspecified atom stereocenters. The predicted octanol–water partition coefficient (Wildman–Crippen LogP) is 4.39. The van der Waals surface area contributed by atoms with Crippen LogP contribution >= 0.6 is 11.3 Å². The van der Waals surface area contributed by atoms with Crippen molar-refractivity contribution in [3.05, 3.63) is 82.4 Å². The van der Waals surface area contributed by atoms with E-state index in [1.54, 1.807) is 0 Å². The SMILES string of the molecule is CC(C)NC(=O)Nc1nc2c(s1)CN(C(=O)C(c1ccccc1)c1ccccc1)CC2. The molecule has 2 aromatic carbocycles. The summed E-state index contributed by atoms with van der Waals surface area (Å²) in [6.07, 6.45) is 0.682. The Hall–Kier alpha value is -3.19. The minimum absolute atomic E-state index is 0.0515. The van der Waals surface area contributed by atoms with E-state index in [1.807, 2.05) is 79.4 Å². The van der Waals surface area contributed by atoms with E-state index in [2.05, 4.69) is 15.6 Å². The first-order chi connectivity index (χ1) is 15.0. The summed E-state index contributed by atoms with van der Waals surface area (Å²) in [6, 6.07) is 19.6. The second-order valence-electron chi connectivity index (χ2n) is 7.91. The van der Waals surface area contributed by atoms with Crippen LogP contribution in [0.1, 0.15) is 41.5 Å². The average molecular weight is 435 g/mol. The Kier molecular flexibility index (Phi) is 6.32. The molecule has 0 spiro atoms. The zero-order valence-corrected chi connectivity index (χ0v) is 18.5. The van der Waals surface area contributed by atoms with E-state index in [9.17, 15) is 9.59 Å². The van der Waals surface area contributed by atoms with Crippen molar-refractivity contribution in [1.29, 1.82) is 0 Å². The lowest BCUT2D eigenvalue weighted by atomic mass is 9.89. The van der Waals surface area contributed by atoms with Gasteiger partial charge in [0.2, 0.25) is 5.91 Å². The molecule has 31 heavy (non-hydrogen) atoms. The lowest BCUT2D eigenvalue weighted by molar-refractivity contribution is -0.132. The Bertz CT molecular complexity index is 1010. The molecule has 2 N–H and O–H groups in total. The third kappa shape index (κ3) is 4.94. The Morgan fingerprint density at radius 1 is 1.00 bits per heavy atom. The van der Waals surface area contributed by atoms with Gasteiger partial charge in [0.1, 0.15) is 0 Å². The Morgan fingerprint density at radius 3 is 2.19 bits per heavy atom. The molecular weight excluding hydrogens is 408 g/mol. The van der Waals surface area contributed by atoms with Gasteiger partial charge < -0.3 is 10.2 Å². The predicted molar refractivity (Wildman–Crippen MR) is 123 cm³/mol. The van der Waals surface area contributed by atoms with E-state index in [4.69, 9.17) is 0 Å². The molecule has 0 saturated heterocycles. The number of hydrogen-bond donors (Lipinski definition) is 2. The highest BCUT2D eigenvalue weighted by molar-refractivity contribution is 7.15. The van der Waals surface area contributed by atoms with Crippen LogP contribution in [-0.2, 0) is 17.8 Å². The third-order valence-corrected chi connectivity index (χ3v) is 6.19. The van der Waals surface area contributed by atoms with Gasteiger partial charge in [-0.1, -0.05) is 72.0 Å². The first-order valence-electron chi connectivity index (χ1n) is 10.5. The van der Waals surface area contributed by atoms with Gasteiger partial charge in [0.15, 0.2) is 5.13 Å². The molecule has 3 amide bonds. The molecule has 4 rings (SSSR count). The number of rotatable bonds is 5. The standard InChI is InChI=1S/C24H26N4O2S/c1-16(2)25-23(30)27-24-26-19-13-14-28(15-20(19)31-24)22(29)21(17-9-5-3-6-10-17)18-11-7-4-8-12-18/h3-12,16,21H,13-15H2,1-2H3,(H2,25,26,27,30). The van der Waals surface area contributed by atoms with Crippen LogP contribution in [0.25, 0.3) is 0 Å². The fraction of sp³-hybridized carbons (Fsp3) is 0.292. The quantitative estimate of drug-likeness (QED) is 0.625. The molecule has 1 aromatic heterocycles. The highest BCUT2D eigenvalue weighted by atomic mass is 32.1. The number of carbonyl (C=O) groups is 2. The molecular formula is C24H26N4O2S. The van der Waals surface area contributed by atoms with E-state index >= 15 is 0 Å². The number of thiazole rings is 1. The van der Waals surface area contributed by atoms with E-state index in [0.29, 0.717) is 24.6 Å². The van der Waals surface area contributed by atoms with Crippen molar-refractivity contribution >= 4 is 28.4 Å². The summed E-state index contributed by atoms with van der Waals surface area (Å²) >= 11 is 1.44. The minimum atomic E-state index is -0.341. The summed E-state index contributed by atoms with van der Waals surface area (Å²) in [5, 5.41) is 6.17. The normalized spacial score (nSPS) is 13.2. The summed E-state index contributed by atoms with van der Waals surface area (Å²) in [4.78, 5) is 33.1. The zero-order chi connectivity index (χ0) is 21.8. The fourth-order valence-electron chi connectivity index (χ4n) is 3.78. The van der Waals surface area contributed by atoms with Crippen LogP contribution in [0, 0.1) is 0 Å². The Morgan fingerprint density at radius 2 is 1.61 bits per heavy atom. The molecule has 0 fully saturated rings. The van der Waals surface area contributed by atoms with Crippen LogP contribution in [0.4, 0.5) is 9.93 Å². The topological polar surface area (TPSA) is 74.3 Å². The Balaban J connectivity index is 1.54. The van der Waals surface area contributed by atoms with Gasteiger partial charge in [0, 0.05) is 23.9 Å². The van der Waals surface area contributed by atoms with Gasteiger partial charge in [0.05, 0.1) is 18.2 Å². The summed E-state index contributed by atoms with van der Waals surface area (Å²) in [5.41, 5.74) is 2.94. The molecule has 0 atom stereocenters. The number of nitrogens with one attached hydrogen (secondary N) is 2. The number of anilines is 1. The van der Waals surface area contributed by atoms with Crippen molar-refractivity contribution in [3.63, 3.8) is 0 Å². The molecule has 0 saturated carbocycles. The van der Waals surface area contributed by atoms with Gasteiger partial charge in [-0.3, -0.25) is 10.1 Å². The monoisotopic (exact) mass is 434 g/mol. The van der Waals surface area contributed by atoms with Gasteiger partial charge in [-0.05, 0) is 25.0 Å². The van der Waals surface area contributed by atoms with Crippen molar-refractivity contribution < 1.29 is 9.59 Å². The number of amides is 3. The number of nitrogens with zero attached hydrogens (tertiary/aromatic N) is 2. The van der Waals surface area contributed by atoms with Crippen molar-refractivity contribution in [2.75, 3.05) is 11.9 Å². The summed E-state index contributed by atoms with van der Waals surface area (Å²) in [5.74, 6) is -0.255. The molecule has 3 aromatic rings. The lowest BCUT2D eigenvalue weighted by Gasteiger charge is -2.30. The van der Waals surface area contributed by atoms with Crippen molar-refractivity contribution in [2.45, 2.75) is 38.8 Å². The van der Waals surface area contributed by atoms with Gasteiger partial charge in [-0.15, -0.1) is 0 Å². The maximum atomic E-state index is 13.6. The van der Waals surface area contributed by atoms with Gasteiger partial charge >= 0.3 is 6.03 Å². The first kappa shape index (κ1) is 21.1. The lowest BCUT2D eigenvalue weighted by Crippen LogP contribution is -2.39. The molecule has 1 aliphatic rings. The van der Waals surface area contributed by atoms with Crippen LogP contribution in [0.15, 0.2) is 60.7 Å². The van der Waals surface area contributed by atoms with Crippen LogP contribution in [0.5, 0.6) is 0 Å². The largest absolute Gasteiger partial charge is 0.336 e. The molecule has 160 valence electrons. The maximum Gasteiger partial charge on any atom is 0.321 e. The summed E-state index contributed by atoms with van der Waals surface area (Å²) in [7, 11) is 0. The van der Waals surface area contributed by atoms with E-state index in [0.717, 1.165) is 21.7 Å². The van der Waals surface area contributed by atoms with Crippen LogP contribution in [-0.4, -0.2) is 34.4 Å². The van der Waals surface area contributed by atoms with Crippen molar-refractivity contribution in [3.8, 4) is 0 Å². The first-order valence-corrected chi connectivity index (χ1v) is 11.3. The molecule has 7 heteroatoms. The number of carbonyl (C=O) groups excluding carboxylic acids is 2. The Labute approximate surface area is 186 Å². The number of fused-ring (bicyclic) bond motifs is 1. The van der Waals surface area contributed by atoms with Gasteiger partial charge in [0.25, 0.3) is 0 Å². The summed E-state index contributed by atoms with van der Waals surface area (Å²) < 4.78 is 0. The zero-order valence-electron chi connectivity index (χ0n) is 17.7. The smallest absolute Gasteiger partial charge is 0.321 e.